The third-order valence-corrected chi connectivity index (χ3v) is 4.42. The van der Waals surface area contributed by atoms with Crippen LogP contribution in [0.2, 0.25) is 0 Å². The standard InChI is InChI=1S/C11H22N2OS/c1-8(9-5-12-6-9)10(14)13-7-11(2,3)15-4/h8-9,12H,5-7H2,1-4H3,(H,13,14). The van der Waals surface area contributed by atoms with E-state index < -0.39 is 0 Å². The minimum absolute atomic E-state index is 0.132. The van der Waals surface area contributed by atoms with Crippen molar-refractivity contribution in [2.24, 2.45) is 11.8 Å². The van der Waals surface area contributed by atoms with E-state index >= 15 is 0 Å². The van der Waals surface area contributed by atoms with Crippen molar-refractivity contribution in [2.45, 2.75) is 25.5 Å². The summed E-state index contributed by atoms with van der Waals surface area (Å²) in [4.78, 5) is 11.8. The van der Waals surface area contributed by atoms with Crippen molar-refractivity contribution < 1.29 is 4.79 Å². The number of thioether (sulfide) groups is 1. The first-order valence-corrected chi connectivity index (χ1v) is 6.72. The zero-order valence-corrected chi connectivity index (χ0v) is 10.9. The molecule has 1 atom stereocenters. The Morgan fingerprint density at radius 2 is 2.20 bits per heavy atom. The fourth-order valence-corrected chi connectivity index (χ4v) is 1.63. The zero-order valence-electron chi connectivity index (χ0n) is 10.1. The fourth-order valence-electron chi connectivity index (χ4n) is 1.41. The van der Waals surface area contributed by atoms with Crippen LogP contribution in [0.5, 0.6) is 0 Å². The lowest BCUT2D eigenvalue weighted by atomic mass is 9.88. The van der Waals surface area contributed by atoms with Crippen molar-refractivity contribution in [1.29, 1.82) is 0 Å². The van der Waals surface area contributed by atoms with Gasteiger partial charge >= 0.3 is 0 Å². The molecule has 15 heavy (non-hydrogen) atoms. The van der Waals surface area contributed by atoms with E-state index in [1.165, 1.54) is 0 Å². The molecule has 4 heteroatoms. The molecule has 88 valence electrons. The molecule has 1 amide bonds. The number of rotatable bonds is 5. The minimum atomic E-state index is 0.132. The highest BCUT2D eigenvalue weighted by Gasteiger charge is 2.29. The Bertz CT molecular complexity index is 227. The second-order valence-corrected chi connectivity index (χ2v) is 6.40. The third-order valence-electron chi connectivity index (χ3n) is 3.17. The number of amides is 1. The Kier molecular flexibility index (Phi) is 4.46. The van der Waals surface area contributed by atoms with Crippen LogP contribution in [0.3, 0.4) is 0 Å². The van der Waals surface area contributed by atoms with Gasteiger partial charge in [-0.25, -0.2) is 0 Å². The van der Waals surface area contributed by atoms with Crippen LogP contribution in [0.25, 0.3) is 0 Å². The highest BCUT2D eigenvalue weighted by Crippen LogP contribution is 2.20. The van der Waals surface area contributed by atoms with Gasteiger partial charge in [-0.3, -0.25) is 4.79 Å². The van der Waals surface area contributed by atoms with Gasteiger partial charge in [0.25, 0.3) is 0 Å². The van der Waals surface area contributed by atoms with Gasteiger partial charge in [0, 0.05) is 17.2 Å². The maximum atomic E-state index is 11.8. The summed E-state index contributed by atoms with van der Waals surface area (Å²) in [6.45, 7) is 9.03. The Morgan fingerprint density at radius 1 is 1.60 bits per heavy atom. The van der Waals surface area contributed by atoms with Gasteiger partial charge in [-0.05, 0) is 39.1 Å². The van der Waals surface area contributed by atoms with Crippen LogP contribution in [0.15, 0.2) is 0 Å². The highest BCUT2D eigenvalue weighted by atomic mass is 32.2. The van der Waals surface area contributed by atoms with Crippen LogP contribution in [-0.4, -0.2) is 36.5 Å². The minimum Gasteiger partial charge on any atom is -0.354 e. The molecule has 1 saturated heterocycles. The lowest BCUT2D eigenvalue weighted by Gasteiger charge is -2.32. The van der Waals surface area contributed by atoms with Crippen LogP contribution >= 0.6 is 11.8 Å². The lowest BCUT2D eigenvalue weighted by molar-refractivity contribution is -0.126. The van der Waals surface area contributed by atoms with Crippen molar-refractivity contribution in [2.75, 3.05) is 25.9 Å². The van der Waals surface area contributed by atoms with Gasteiger partial charge in [0.15, 0.2) is 0 Å². The zero-order chi connectivity index (χ0) is 11.5. The van der Waals surface area contributed by atoms with Gasteiger partial charge < -0.3 is 10.6 Å². The predicted octanol–water partition coefficient (Wildman–Crippen LogP) is 1.10. The summed E-state index contributed by atoms with van der Waals surface area (Å²) in [5, 5.41) is 6.23. The molecule has 0 aromatic heterocycles. The van der Waals surface area contributed by atoms with Gasteiger partial charge in [0.1, 0.15) is 0 Å². The van der Waals surface area contributed by atoms with Crippen LogP contribution in [-0.2, 0) is 4.79 Å². The maximum Gasteiger partial charge on any atom is 0.223 e. The van der Waals surface area contributed by atoms with Gasteiger partial charge in [-0.1, -0.05) is 6.92 Å². The average molecular weight is 230 g/mol. The van der Waals surface area contributed by atoms with Crippen molar-refractivity contribution in [3.63, 3.8) is 0 Å². The van der Waals surface area contributed by atoms with E-state index in [1.807, 2.05) is 6.92 Å². The number of carbonyl (C=O) groups excluding carboxylic acids is 1. The highest BCUT2D eigenvalue weighted by molar-refractivity contribution is 7.99. The monoisotopic (exact) mass is 230 g/mol. The molecule has 0 aromatic carbocycles. The van der Waals surface area contributed by atoms with Gasteiger partial charge in [-0.15, -0.1) is 0 Å². The molecule has 1 aliphatic rings. The second-order valence-electron chi connectivity index (χ2n) is 4.89. The van der Waals surface area contributed by atoms with E-state index in [1.54, 1.807) is 11.8 Å². The molecule has 0 aromatic rings. The van der Waals surface area contributed by atoms with E-state index in [0.29, 0.717) is 5.92 Å². The Balaban J connectivity index is 2.28. The van der Waals surface area contributed by atoms with Crippen LogP contribution in [0, 0.1) is 11.8 Å². The molecule has 1 aliphatic heterocycles. The molecule has 0 radical (unpaired) electrons. The quantitative estimate of drug-likeness (QED) is 0.743. The molecule has 0 saturated carbocycles. The van der Waals surface area contributed by atoms with Crippen LogP contribution in [0.4, 0.5) is 0 Å². The molecule has 2 N–H and O–H groups in total. The van der Waals surface area contributed by atoms with Gasteiger partial charge in [0.2, 0.25) is 5.91 Å². The first kappa shape index (κ1) is 12.8. The summed E-state index contributed by atoms with van der Waals surface area (Å²) >= 11 is 1.78. The molecule has 0 bridgehead atoms. The van der Waals surface area contributed by atoms with Crippen LogP contribution < -0.4 is 10.6 Å². The normalized spacial score (nSPS) is 19.5. The summed E-state index contributed by atoms with van der Waals surface area (Å²) in [6, 6.07) is 0. The average Bonchev–Trinajstić information content (AvgIpc) is 2.11. The summed E-state index contributed by atoms with van der Waals surface area (Å²) in [5.41, 5.74) is 0. The summed E-state index contributed by atoms with van der Waals surface area (Å²) in [7, 11) is 0. The lowest BCUT2D eigenvalue weighted by Crippen LogP contribution is -2.50. The fraction of sp³-hybridized carbons (Fsp3) is 0.909. The topological polar surface area (TPSA) is 41.1 Å². The molecule has 0 aliphatic carbocycles. The predicted molar refractivity (Wildman–Crippen MR) is 66.1 cm³/mol. The molecule has 1 rings (SSSR count). The van der Waals surface area contributed by atoms with Crippen molar-refractivity contribution >= 4 is 17.7 Å². The Hall–Kier alpha value is -0.220. The molecule has 1 unspecified atom stereocenters. The smallest absolute Gasteiger partial charge is 0.223 e. The summed E-state index contributed by atoms with van der Waals surface area (Å²) in [5.74, 6) is 0.870. The summed E-state index contributed by atoms with van der Waals surface area (Å²) in [6.07, 6.45) is 2.07. The number of carbonyl (C=O) groups is 1. The van der Waals surface area contributed by atoms with Crippen LogP contribution in [0.1, 0.15) is 20.8 Å². The van der Waals surface area contributed by atoms with Crippen molar-refractivity contribution in [3.8, 4) is 0 Å². The number of hydrogen-bond acceptors (Lipinski definition) is 3. The number of hydrogen-bond donors (Lipinski definition) is 2. The van der Waals surface area contributed by atoms with E-state index in [-0.39, 0.29) is 16.6 Å². The van der Waals surface area contributed by atoms with Crippen molar-refractivity contribution in [3.05, 3.63) is 0 Å². The Labute approximate surface area is 96.8 Å². The van der Waals surface area contributed by atoms with Gasteiger partial charge in [-0.2, -0.15) is 11.8 Å². The molecule has 1 fully saturated rings. The first-order valence-electron chi connectivity index (χ1n) is 5.50. The van der Waals surface area contributed by atoms with E-state index in [4.69, 9.17) is 0 Å². The largest absolute Gasteiger partial charge is 0.354 e. The molecular weight excluding hydrogens is 208 g/mol. The van der Waals surface area contributed by atoms with E-state index in [9.17, 15) is 4.79 Å². The van der Waals surface area contributed by atoms with Gasteiger partial charge in [0.05, 0.1) is 0 Å². The van der Waals surface area contributed by atoms with E-state index in [0.717, 1.165) is 19.6 Å². The first-order chi connectivity index (χ1) is 6.96. The van der Waals surface area contributed by atoms with Crippen molar-refractivity contribution in [1.82, 2.24) is 10.6 Å². The SMILES string of the molecule is CSC(C)(C)CNC(=O)C(C)C1CNC1. The second kappa shape index (κ2) is 5.21. The Morgan fingerprint density at radius 3 is 2.60 bits per heavy atom. The molecular formula is C11H22N2OS. The third kappa shape index (κ3) is 3.68. The molecule has 3 nitrogen and oxygen atoms in total. The molecule has 0 spiro atoms. The maximum absolute atomic E-state index is 11.8. The summed E-state index contributed by atoms with van der Waals surface area (Å²) < 4.78 is 0.132. The molecule has 1 heterocycles. The number of nitrogens with one attached hydrogen (secondary N) is 2. The van der Waals surface area contributed by atoms with E-state index in [2.05, 4.69) is 30.7 Å².